The molecule has 0 aliphatic carbocycles. The fourth-order valence-corrected chi connectivity index (χ4v) is 3.38. The normalized spacial score (nSPS) is 10.8. The van der Waals surface area contributed by atoms with Gasteiger partial charge in [0, 0.05) is 29.8 Å². The summed E-state index contributed by atoms with van der Waals surface area (Å²) < 4.78 is 0. The van der Waals surface area contributed by atoms with Crippen LogP contribution in [0.5, 0.6) is 0 Å². The van der Waals surface area contributed by atoms with Crippen LogP contribution in [0.25, 0.3) is 21.7 Å². The highest BCUT2D eigenvalue weighted by Crippen LogP contribution is 2.26. The zero-order valence-electron chi connectivity index (χ0n) is 13.5. The maximum absolute atomic E-state index is 12.4. The molecule has 128 valence electrons. The number of nitrogens with one attached hydrogen (secondary N) is 1. The predicted molar refractivity (Wildman–Crippen MR) is 100 cm³/mol. The molecule has 7 nitrogen and oxygen atoms in total. The highest BCUT2D eigenvalue weighted by molar-refractivity contribution is 7.21. The summed E-state index contributed by atoms with van der Waals surface area (Å²) in [6, 6.07) is 5.34. The summed E-state index contributed by atoms with van der Waals surface area (Å²) in [6.45, 7) is 1.80. The summed E-state index contributed by atoms with van der Waals surface area (Å²) in [6.07, 6.45) is 6.47. The van der Waals surface area contributed by atoms with Gasteiger partial charge in [0.1, 0.15) is 0 Å². The molecule has 0 bridgehead atoms. The van der Waals surface area contributed by atoms with E-state index < -0.39 is 0 Å². The molecule has 0 saturated heterocycles. The molecule has 4 aromatic rings. The molecule has 0 aromatic carbocycles. The fourth-order valence-electron chi connectivity index (χ4n) is 2.29. The highest BCUT2D eigenvalue weighted by Gasteiger charge is 2.15. The molecule has 1 amide bonds. The number of aryl methyl sites for hydroxylation is 1. The van der Waals surface area contributed by atoms with Crippen LogP contribution in [-0.4, -0.2) is 30.8 Å². The Bertz CT molecular complexity index is 1110. The molecule has 0 aliphatic heterocycles. The number of rotatable bonds is 3. The van der Waals surface area contributed by atoms with E-state index in [2.05, 4.69) is 30.2 Å². The summed E-state index contributed by atoms with van der Waals surface area (Å²) in [5.41, 5.74) is 3.12. The second-order valence-electron chi connectivity index (χ2n) is 5.40. The smallest absolute Gasteiger partial charge is 0.260 e. The molecule has 0 unspecified atom stereocenters. The van der Waals surface area contributed by atoms with E-state index >= 15 is 0 Å². The maximum Gasteiger partial charge on any atom is 0.260 e. The lowest BCUT2D eigenvalue weighted by Gasteiger charge is -2.03. The average Bonchev–Trinajstić information content (AvgIpc) is 3.03. The summed E-state index contributed by atoms with van der Waals surface area (Å²) in [4.78, 5) is 34.3. The molecule has 0 fully saturated rings. The summed E-state index contributed by atoms with van der Waals surface area (Å²) in [5.74, 6) is -0.379. The second kappa shape index (κ2) is 6.74. The molecule has 9 heteroatoms. The van der Waals surface area contributed by atoms with E-state index in [9.17, 15) is 4.79 Å². The lowest BCUT2D eigenvalue weighted by Crippen LogP contribution is -2.12. The molecular formula is C17H11ClN6OS. The van der Waals surface area contributed by atoms with Gasteiger partial charge in [0.15, 0.2) is 15.6 Å². The molecule has 4 rings (SSSR count). The summed E-state index contributed by atoms with van der Waals surface area (Å²) in [5, 5.41) is 3.46. The monoisotopic (exact) mass is 382 g/mol. The first-order valence-electron chi connectivity index (χ1n) is 7.57. The number of hydrogen-bond acceptors (Lipinski definition) is 7. The molecule has 0 aliphatic rings. The Kier molecular flexibility index (Phi) is 4.27. The Morgan fingerprint density at radius 2 is 1.96 bits per heavy atom. The number of carbonyl (C=O) groups excluding carboxylic acids is 1. The number of carbonyl (C=O) groups is 1. The van der Waals surface area contributed by atoms with Gasteiger partial charge in [0.2, 0.25) is 0 Å². The van der Waals surface area contributed by atoms with Gasteiger partial charge in [-0.25, -0.2) is 9.97 Å². The average molecular weight is 383 g/mol. The molecule has 4 aromatic heterocycles. The lowest BCUT2D eigenvalue weighted by atomic mass is 10.2. The van der Waals surface area contributed by atoms with E-state index in [1.165, 1.54) is 17.5 Å². The summed E-state index contributed by atoms with van der Waals surface area (Å²) >= 11 is 7.35. The van der Waals surface area contributed by atoms with Crippen LogP contribution in [0.4, 0.5) is 5.13 Å². The largest absolute Gasteiger partial charge is 0.298 e. The predicted octanol–water partition coefficient (Wildman–Crippen LogP) is 3.76. The van der Waals surface area contributed by atoms with E-state index in [0.717, 1.165) is 11.3 Å². The van der Waals surface area contributed by atoms with Crippen molar-refractivity contribution in [1.29, 1.82) is 0 Å². The quantitative estimate of drug-likeness (QED) is 0.579. The minimum absolute atomic E-state index is 0.287. The second-order valence-corrected chi connectivity index (χ2v) is 6.78. The molecular weight excluding hydrogens is 372 g/mol. The van der Waals surface area contributed by atoms with Crippen LogP contribution in [0, 0.1) is 6.92 Å². The fraction of sp³-hybridized carbons (Fsp3) is 0.0588. The van der Waals surface area contributed by atoms with E-state index in [1.807, 2.05) is 12.1 Å². The zero-order valence-corrected chi connectivity index (χ0v) is 15.0. The van der Waals surface area contributed by atoms with E-state index in [4.69, 9.17) is 11.6 Å². The van der Waals surface area contributed by atoms with Crippen molar-refractivity contribution in [2.24, 2.45) is 0 Å². The van der Waals surface area contributed by atoms with Crippen LogP contribution in [-0.2, 0) is 0 Å². The van der Waals surface area contributed by atoms with Crippen molar-refractivity contribution in [2.75, 3.05) is 5.32 Å². The minimum Gasteiger partial charge on any atom is -0.298 e. The van der Waals surface area contributed by atoms with Crippen LogP contribution in [0.3, 0.4) is 0 Å². The van der Waals surface area contributed by atoms with Crippen molar-refractivity contribution >= 4 is 44.5 Å². The molecule has 0 radical (unpaired) electrons. The third-order valence-electron chi connectivity index (χ3n) is 3.55. The van der Waals surface area contributed by atoms with Gasteiger partial charge in [-0.1, -0.05) is 22.9 Å². The van der Waals surface area contributed by atoms with Crippen molar-refractivity contribution in [1.82, 2.24) is 24.9 Å². The Morgan fingerprint density at radius 3 is 2.73 bits per heavy atom. The first kappa shape index (κ1) is 16.5. The molecule has 0 spiro atoms. The van der Waals surface area contributed by atoms with Gasteiger partial charge >= 0.3 is 0 Å². The molecule has 0 atom stereocenters. The third kappa shape index (κ3) is 3.24. The van der Waals surface area contributed by atoms with Gasteiger partial charge in [-0.05, 0) is 25.1 Å². The highest BCUT2D eigenvalue weighted by atomic mass is 35.5. The number of amides is 1. The third-order valence-corrected chi connectivity index (χ3v) is 4.72. The first-order chi connectivity index (χ1) is 12.6. The number of hydrogen-bond donors (Lipinski definition) is 1. The van der Waals surface area contributed by atoms with Gasteiger partial charge in [0.05, 0.1) is 22.5 Å². The van der Waals surface area contributed by atoms with Crippen molar-refractivity contribution in [3.63, 3.8) is 0 Å². The van der Waals surface area contributed by atoms with Crippen LogP contribution < -0.4 is 5.32 Å². The Balaban J connectivity index is 1.62. The molecule has 4 heterocycles. The molecule has 1 N–H and O–H groups in total. The van der Waals surface area contributed by atoms with Crippen LogP contribution in [0.1, 0.15) is 16.1 Å². The van der Waals surface area contributed by atoms with Crippen LogP contribution >= 0.6 is 22.9 Å². The number of halogens is 1. The number of aromatic nitrogens is 5. The van der Waals surface area contributed by atoms with Crippen molar-refractivity contribution in [2.45, 2.75) is 6.92 Å². The van der Waals surface area contributed by atoms with Gasteiger partial charge in [0.25, 0.3) is 5.91 Å². The van der Waals surface area contributed by atoms with Gasteiger partial charge in [-0.3, -0.25) is 20.1 Å². The van der Waals surface area contributed by atoms with Crippen molar-refractivity contribution in [3.05, 3.63) is 59.3 Å². The topological polar surface area (TPSA) is 93.6 Å². The molecule has 0 saturated carbocycles. The number of fused-ring (bicyclic) bond motifs is 1. The van der Waals surface area contributed by atoms with Gasteiger partial charge in [-0.2, -0.15) is 4.98 Å². The lowest BCUT2D eigenvalue weighted by molar-refractivity contribution is 0.102. The van der Waals surface area contributed by atoms with Crippen molar-refractivity contribution in [3.8, 4) is 11.3 Å². The first-order valence-corrected chi connectivity index (χ1v) is 8.77. The Labute approximate surface area is 157 Å². The zero-order chi connectivity index (χ0) is 18.1. The standard InChI is InChI=1S/C17H11ClN6OS/c1-9-6-12(18)11(7-20-9)15(25)24-17-23-14-16(26-17)22-13(8-21-14)10-2-4-19-5-3-10/h2-8H,1H3,(H,21,23,24,25). The minimum atomic E-state index is -0.379. The maximum atomic E-state index is 12.4. The Hall–Kier alpha value is -2.97. The van der Waals surface area contributed by atoms with E-state index in [0.29, 0.717) is 26.3 Å². The molecule has 26 heavy (non-hydrogen) atoms. The number of pyridine rings is 2. The SMILES string of the molecule is Cc1cc(Cl)c(C(=O)Nc2nc3ncc(-c4ccncc4)nc3s2)cn1. The van der Waals surface area contributed by atoms with E-state index in [1.54, 1.807) is 31.6 Å². The number of thiazole rings is 1. The number of anilines is 1. The van der Waals surface area contributed by atoms with Crippen molar-refractivity contribution < 1.29 is 4.79 Å². The van der Waals surface area contributed by atoms with Gasteiger partial charge in [-0.15, -0.1) is 0 Å². The summed E-state index contributed by atoms with van der Waals surface area (Å²) in [7, 11) is 0. The van der Waals surface area contributed by atoms with Crippen LogP contribution in [0.2, 0.25) is 5.02 Å². The van der Waals surface area contributed by atoms with E-state index in [-0.39, 0.29) is 11.5 Å². The Morgan fingerprint density at radius 1 is 1.15 bits per heavy atom. The number of nitrogens with zero attached hydrogens (tertiary/aromatic N) is 5. The van der Waals surface area contributed by atoms with Gasteiger partial charge < -0.3 is 0 Å². The van der Waals surface area contributed by atoms with Crippen LogP contribution in [0.15, 0.2) is 43.0 Å².